The van der Waals surface area contributed by atoms with E-state index in [9.17, 15) is 4.79 Å². The molecule has 2 aromatic rings. The molecule has 1 aliphatic heterocycles. The molecule has 9 heteroatoms. The van der Waals surface area contributed by atoms with E-state index < -0.39 is 12.0 Å². The third-order valence-corrected chi connectivity index (χ3v) is 3.85. The van der Waals surface area contributed by atoms with Crippen molar-refractivity contribution in [3.05, 3.63) is 35.0 Å². The molecule has 0 saturated carbocycles. The minimum Gasteiger partial charge on any atom is -0.497 e. The summed E-state index contributed by atoms with van der Waals surface area (Å²) in [6, 6.07) is 4.76. The van der Waals surface area contributed by atoms with E-state index in [0.717, 1.165) is 0 Å². The molecule has 1 atom stereocenters. The molecule has 3 rings (SSSR count). The van der Waals surface area contributed by atoms with E-state index in [4.69, 9.17) is 14.2 Å². The molecule has 1 aromatic carbocycles. The van der Waals surface area contributed by atoms with Crippen molar-refractivity contribution in [1.82, 2.24) is 20.2 Å². The lowest BCUT2D eigenvalue weighted by Gasteiger charge is -2.28. The van der Waals surface area contributed by atoms with E-state index in [-0.39, 0.29) is 0 Å². The number of tetrazole rings is 1. The number of allylic oxidation sites excluding steroid dienone is 1. The summed E-state index contributed by atoms with van der Waals surface area (Å²) in [5.41, 5.74) is 1.74. The Hall–Kier alpha value is -3.10. The Morgan fingerprint density at radius 1 is 1.25 bits per heavy atom. The standard InChI is InChI=1S/C15H17N5O4/c1-8-12(14(21)24-4)13(20-15(16-8)17-18-19-20)10-6-5-9(22-2)7-11(10)23-3/h5-7,13H,1-4H3,(H,16,17,19)/t13-/m1/s1. The predicted molar refractivity (Wildman–Crippen MR) is 83.8 cm³/mol. The number of hydrogen-bond donors (Lipinski definition) is 1. The Kier molecular flexibility index (Phi) is 4.07. The number of aromatic nitrogens is 4. The van der Waals surface area contributed by atoms with Gasteiger partial charge in [0.2, 0.25) is 5.95 Å². The van der Waals surface area contributed by atoms with Crippen LogP contribution in [0.5, 0.6) is 11.5 Å². The molecule has 1 aromatic heterocycles. The summed E-state index contributed by atoms with van der Waals surface area (Å²) in [7, 11) is 4.45. The summed E-state index contributed by atoms with van der Waals surface area (Å²) < 4.78 is 17.2. The van der Waals surface area contributed by atoms with E-state index in [2.05, 4.69) is 20.8 Å². The SMILES string of the molecule is COC(=O)C1=C(C)Nc2nnnn2[C@@H]1c1ccc(OC)cc1OC. The summed E-state index contributed by atoms with van der Waals surface area (Å²) in [5.74, 6) is 1.16. The lowest BCUT2D eigenvalue weighted by molar-refractivity contribution is -0.136. The molecule has 0 bridgehead atoms. The van der Waals surface area contributed by atoms with E-state index in [1.807, 2.05) is 6.07 Å². The first-order chi connectivity index (χ1) is 11.6. The number of nitrogens with one attached hydrogen (secondary N) is 1. The first kappa shape index (κ1) is 15.8. The number of anilines is 1. The van der Waals surface area contributed by atoms with Crippen LogP contribution in [0.2, 0.25) is 0 Å². The maximum Gasteiger partial charge on any atom is 0.338 e. The average molecular weight is 331 g/mol. The van der Waals surface area contributed by atoms with Gasteiger partial charge in [0.1, 0.15) is 17.5 Å². The maximum atomic E-state index is 12.3. The molecule has 0 radical (unpaired) electrons. The minimum absolute atomic E-state index is 0.403. The molecule has 1 aliphatic rings. The zero-order valence-corrected chi connectivity index (χ0v) is 13.7. The fraction of sp³-hybridized carbons (Fsp3) is 0.333. The van der Waals surface area contributed by atoms with Crippen LogP contribution in [0.4, 0.5) is 5.95 Å². The van der Waals surface area contributed by atoms with Crippen LogP contribution in [0.1, 0.15) is 18.5 Å². The fourth-order valence-electron chi connectivity index (χ4n) is 2.72. The summed E-state index contributed by atoms with van der Waals surface area (Å²) in [4.78, 5) is 12.3. The second-order valence-electron chi connectivity index (χ2n) is 5.11. The van der Waals surface area contributed by atoms with Crippen molar-refractivity contribution < 1.29 is 19.0 Å². The van der Waals surface area contributed by atoms with Gasteiger partial charge in [-0.1, -0.05) is 5.10 Å². The van der Waals surface area contributed by atoms with Gasteiger partial charge in [0.05, 0.1) is 26.9 Å². The van der Waals surface area contributed by atoms with E-state index >= 15 is 0 Å². The molecule has 1 N–H and O–H groups in total. The summed E-state index contributed by atoms with van der Waals surface area (Å²) in [5, 5.41) is 14.6. The lowest BCUT2D eigenvalue weighted by Crippen LogP contribution is -2.29. The number of fused-ring (bicyclic) bond motifs is 1. The quantitative estimate of drug-likeness (QED) is 0.833. The summed E-state index contributed by atoms with van der Waals surface area (Å²) in [6.07, 6.45) is 0. The second-order valence-corrected chi connectivity index (χ2v) is 5.11. The third kappa shape index (κ3) is 2.43. The molecule has 2 heterocycles. The molecule has 0 fully saturated rings. The average Bonchev–Trinajstić information content (AvgIpc) is 3.07. The number of carbonyl (C=O) groups excluding carboxylic acids is 1. The molecule has 9 nitrogen and oxygen atoms in total. The Labute approximate surface area is 138 Å². The minimum atomic E-state index is -0.579. The molecular weight excluding hydrogens is 314 g/mol. The number of benzene rings is 1. The van der Waals surface area contributed by atoms with E-state index in [1.54, 1.807) is 33.3 Å². The smallest absolute Gasteiger partial charge is 0.338 e. The highest BCUT2D eigenvalue weighted by atomic mass is 16.5. The molecule has 0 saturated heterocycles. The van der Waals surface area contributed by atoms with Gasteiger partial charge in [-0.15, -0.1) is 0 Å². The van der Waals surface area contributed by atoms with Gasteiger partial charge in [-0.2, -0.15) is 4.68 Å². The highest BCUT2D eigenvalue weighted by Crippen LogP contribution is 2.40. The second kappa shape index (κ2) is 6.19. The van der Waals surface area contributed by atoms with Crippen LogP contribution in [-0.2, 0) is 9.53 Å². The van der Waals surface area contributed by atoms with E-state index in [1.165, 1.54) is 11.8 Å². The van der Waals surface area contributed by atoms with Crippen LogP contribution in [0.15, 0.2) is 29.5 Å². The summed E-state index contributed by atoms with van der Waals surface area (Å²) in [6.45, 7) is 1.77. The van der Waals surface area contributed by atoms with Crippen molar-refractivity contribution >= 4 is 11.9 Å². The van der Waals surface area contributed by atoms with Gasteiger partial charge in [-0.3, -0.25) is 0 Å². The van der Waals surface area contributed by atoms with Gasteiger partial charge in [-0.05, 0) is 29.5 Å². The Balaban J connectivity index is 2.22. The monoisotopic (exact) mass is 331 g/mol. The molecule has 0 spiro atoms. The van der Waals surface area contributed by atoms with Gasteiger partial charge in [0.15, 0.2) is 0 Å². The zero-order valence-electron chi connectivity index (χ0n) is 13.7. The highest BCUT2D eigenvalue weighted by Gasteiger charge is 2.36. The Morgan fingerprint density at radius 2 is 2.04 bits per heavy atom. The van der Waals surface area contributed by atoms with Crippen molar-refractivity contribution in [2.45, 2.75) is 13.0 Å². The number of esters is 1. The molecule has 0 aliphatic carbocycles. The van der Waals surface area contributed by atoms with Gasteiger partial charge in [0, 0.05) is 17.3 Å². The number of rotatable bonds is 4. The molecule has 126 valence electrons. The lowest BCUT2D eigenvalue weighted by atomic mass is 9.95. The first-order valence-corrected chi connectivity index (χ1v) is 7.16. The molecule has 24 heavy (non-hydrogen) atoms. The van der Waals surface area contributed by atoms with Crippen LogP contribution in [0.3, 0.4) is 0 Å². The topological polar surface area (TPSA) is 100 Å². The number of ether oxygens (including phenoxy) is 3. The molecule has 0 unspecified atom stereocenters. The predicted octanol–water partition coefficient (Wildman–Crippen LogP) is 1.15. The third-order valence-electron chi connectivity index (χ3n) is 3.85. The Bertz CT molecular complexity index is 814. The summed E-state index contributed by atoms with van der Waals surface area (Å²) >= 11 is 0. The van der Waals surface area contributed by atoms with Gasteiger partial charge in [0.25, 0.3) is 0 Å². The van der Waals surface area contributed by atoms with Gasteiger partial charge >= 0.3 is 5.97 Å². The number of carbonyl (C=O) groups is 1. The van der Waals surface area contributed by atoms with Crippen molar-refractivity contribution in [1.29, 1.82) is 0 Å². The van der Waals surface area contributed by atoms with Crippen LogP contribution in [-0.4, -0.2) is 47.5 Å². The first-order valence-electron chi connectivity index (χ1n) is 7.16. The van der Waals surface area contributed by atoms with Gasteiger partial charge < -0.3 is 19.5 Å². The molecular formula is C15H17N5O4. The number of methoxy groups -OCH3 is 3. The zero-order chi connectivity index (χ0) is 17.3. The van der Waals surface area contributed by atoms with Crippen molar-refractivity contribution in [3.63, 3.8) is 0 Å². The van der Waals surface area contributed by atoms with Gasteiger partial charge in [-0.25, -0.2) is 4.79 Å². The Morgan fingerprint density at radius 3 is 2.71 bits per heavy atom. The fourth-order valence-corrected chi connectivity index (χ4v) is 2.72. The van der Waals surface area contributed by atoms with Crippen LogP contribution in [0, 0.1) is 0 Å². The maximum absolute atomic E-state index is 12.3. The highest BCUT2D eigenvalue weighted by molar-refractivity contribution is 5.92. The van der Waals surface area contributed by atoms with Crippen molar-refractivity contribution in [3.8, 4) is 11.5 Å². The number of nitrogens with zero attached hydrogens (tertiary/aromatic N) is 4. The largest absolute Gasteiger partial charge is 0.497 e. The number of hydrogen-bond acceptors (Lipinski definition) is 8. The van der Waals surface area contributed by atoms with Crippen LogP contribution in [0.25, 0.3) is 0 Å². The van der Waals surface area contributed by atoms with Crippen molar-refractivity contribution in [2.75, 3.05) is 26.6 Å². The van der Waals surface area contributed by atoms with Crippen LogP contribution < -0.4 is 14.8 Å². The van der Waals surface area contributed by atoms with Crippen LogP contribution >= 0.6 is 0 Å². The molecule has 0 amide bonds. The van der Waals surface area contributed by atoms with Crippen molar-refractivity contribution in [2.24, 2.45) is 0 Å². The normalized spacial score (nSPS) is 16.2. The van der Waals surface area contributed by atoms with E-state index in [0.29, 0.717) is 34.3 Å².